The molecule has 2 aliphatic rings. The third-order valence-corrected chi connectivity index (χ3v) is 4.83. The van der Waals surface area contributed by atoms with Crippen molar-refractivity contribution in [1.82, 2.24) is 0 Å². The van der Waals surface area contributed by atoms with Crippen molar-refractivity contribution >= 4 is 11.4 Å². The summed E-state index contributed by atoms with van der Waals surface area (Å²) in [5.74, 6) is 1.98. The number of ether oxygens (including phenoxy) is 2. The molecule has 2 aromatic carbocycles. The molecule has 2 heterocycles. The Kier molecular flexibility index (Phi) is 3.52. The van der Waals surface area contributed by atoms with Gasteiger partial charge in [0.15, 0.2) is 0 Å². The molecule has 0 saturated carbocycles. The molecule has 4 nitrogen and oxygen atoms in total. The van der Waals surface area contributed by atoms with Gasteiger partial charge in [-0.1, -0.05) is 24.3 Å². The molecule has 23 heavy (non-hydrogen) atoms. The van der Waals surface area contributed by atoms with E-state index in [0.717, 1.165) is 36.8 Å². The summed E-state index contributed by atoms with van der Waals surface area (Å²) in [6.07, 6.45) is 0.939. The molecule has 1 unspecified atom stereocenters. The number of para-hydroxylation sites is 3. The van der Waals surface area contributed by atoms with E-state index >= 15 is 0 Å². The highest BCUT2D eigenvalue weighted by Crippen LogP contribution is 2.44. The highest BCUT2D eigenvalue weighted by Gasteiger charge is 2.28. The van der Waals surface area contributed by atoms with Gasteiger partial charge in [0.25, 0.3) is 0 Å². The van der Waals surface area contributed by atoms with Crippen LogP contribution in [0.3, 0.4) is 0 Å². The molecule has 0 aliphatic carbocycles. The van der Waals surface area contributed by atoms with E-state index in [1.807, 2.05) is 12.1 Å². The summed E-state index contributed by atoms with van der Waals surface area (Å²) in [7, 11) is 4.27. The summed E-state index contributed by atoms with van der Waals surface area (Å²) < 4.78 is 12.0. The molecule has 0 amide bonds. The van der Waals surface area contributed by atoms with Crippen molar-refractivity contribution in [2.75, 3.05) is 43.7 Å². The number of anilines is 2. The Hall–Kier alpha value is -2.36. The fraction of sp³-hybridized carbons (Fsp3) is 0.368. The van der Waals surface area contributed by atoms with Gasteiger partial charge in [0.1, 0.15) is 18.1 Å². The first-order chi connectivity index (χ1) is 11.3. The molecule has 120 valence electrons. The van der Waals surface area contributed by atoms with Crippen LogP contribution in [0, 0.1) is 0 Å². The molecule has 0 fully saturated rings. The number of fused-ring (bicyclic) bond motifs is 2. The highest BCUT2D eigenvalue weighted by molar-refractivity contribution is 5.66. The van der Waals surface area contributed by atoms with Crippen LogP contribution in [0.15, 0.2) is 42.5 Å². The topological polar surface area (TPSA) is 24.9 Å². The Balaban J connectivity index is 1.78. The van der Waals surface area contributed by atoms with Gasteiger partial charge in [0.05, 0.1) is 30.6 Å². The van der Waals surface area contributed by atoms with Gasteiger partial charge in [-0.3, -0.25) is 0 Å². The van der Waals surface area contributed by atoms with E-state index in [0.29, 0.717) is 6.61 Å². The molecule has 0 saturated heterocycles. The van der Waals surface area contributed by atoms with E-state index in [-0.39, 0.29) is 6.04 Å². The minimum atomic E-state index is 0.250. The van der Waals surface area contributed by atoms with Crippen LogP contribution in [-0.4, -0.2) is 33.9 Å². The molecule has 4 rings (SSSR count). The number of benzene rings is 2. The second-order valence-electron chi connectivity index (χ2n) is 6.20. The highest BCUT2D eigenvalue weighted by atomic mass is 16.5. The van der Waals surface area contributed by atoms with Crippen molar-refractivity contribution in [2.45, 2.75) is 12.5 Å². The summed E-state index contributed by atoms with van der Waals surface area (Å²) in [4.78, 5) is 4.58. The number of rotatable bonds is 1. The lowest BCUT2D eigenvalue weighted by Gasteiger charge is -2.34. The van der Waals surface area contributed by atoms with Gasteiger partial charge in [0.2, 0.25) is 0 Å². The molecule has 0 spiro atoms. The quantitative estimate of drug-likeness (QED) is 0.805. The van der Waals surface area contributed by atoms with Crippen molar-refractivity contribution < 1.29 is 9.47 Å². The van der Waals surface area contributed by atoms with Gasteiger partial charge >= 0.3 is 0 Å². The van der Waals surface area contributed by atoms with E-state index in [4.69, 9.17) is 9.47 Å². The summed E-state index contributed by atoms with van der Waals surface area (Å²) >= 11 is 0. The molecular weight excluding hydrogens is 288 g/mol. The van der Waals surface area contributed by atoms with Crippen LogP contribution in [0.5, 0.6) is 11.5 Å². The fourth-order valence-electron chi connectivity index (χ4n) is 3.54. The Labute approximate surface area is 137 Å². The molecular formula is C19H22N2O2. The van der Waals surface area contributed by atoms with Crippen LogP contribution in [0.1, 0.15) is 18.0 Å². The zero-order chi connectivity index (χ0) is 15.8. The first kappa shape index (κ1) is 14.2. The molecule has 0 aromatic heterocycles. The third kappa shape index (κ3) is 2.38. The van der Waals surface area contributed by atoms with Crippen LogP contribution >= 0.6 is 0 Å². The number of nitrogens with zero attached hydrogens (tertiary/aromatic N) is 2. The average Bonchev–Trinajstić information content (AvgIpc) is 2.74. The molecule has 4 heteroatoms. The summed E-state index contributed by atoms with van der Waals surface area (Å²) in [6.45, 7) is 2.39. The molecule has 1 atom stereocenters. The molecule has 0 radical (unpaired) electrons. The largest absolute Gasteiger partial charge is 0.491 e. The predicted octanol–water partition coefficient (Wildman–Crippen LogP) is 3.48. The Morgan fingerprint density at radius 3 is 2.65 bits per heavy atom. The monoisotopic (exact) mass is 310 g/mol. The molecule has 0 N–H and O–H groups in total. The zero-order valence-corrected chi connectivity index (χ0v) is 13.7. The average molecular weight is 310 g/mol. The lowest BCUT2D eigenvalue weighted by Crippen LogP contribution is -2.31. The van der Waals surface area contributed by atoms with E-state index in [1.54, 1.807) is 0 Å². The SMILES string of the molecule is CN1CCOc2c(C3CCOc4ccccc4N3C)cccc21. The van der Waals surface area contributed by atoms with Gasteiger partial charge in [-0.05, 0) is 18.2 Å². The van der Waals surface area contributed by atoms with Crippen molar-refractivity contribution in [3.8, 4) is 11.5 Å². The second kappa shape index (κ2) is 5.69. The molecule has 0 bridgehead atoms. The Morgan fingerprint density at radius 1 is 0.913 bits per heavy atom. The molecule has 2 aliphatic heterocycles. The van der Waals surface area contributed by atoms with Crippen molar-refractivity contribution in [3.63, 3.8) is 0 Å². The van der Waals surface area contributed by atoms with Gasteiger partial charge < -0.3 is 19.3 Å². The van der Waals surface area contributed by atoms with Gasteiger partial charge in [-0.15, -0.1) is 0 Å². The fourth-order valence-corrected chi connectivity index (χ4v) is 3.54. The van der Waals surface area contributed by atoms with Crippen LogP contribution < -0.4 is 19.3 Å². The summed E-state index contributed by atoms with van der Waals surface area (Å²) in [6, 6.07) is 15.0. The summed E-state index contributed by atoms with van der Waals surface area (Å²) in [5, 5.41) is 0. The minimum absolute atomic E-state index is 0.250. The lowest BCUT2D eigenvalue weighted by molar-refractivity contribution is 0.295. The first-order valence-corrected chi connectivity index (χ1v) is 8.17. The normalized spacial score (nSPS) is 20.0. The lowest BCUT2D eigenvalue weighted by atomic mass is 9.99. The third-order valence-electron chi connectivity index (χ3n) is 4.83. The Bertz CT molecular complexity index is 716. The summed E-state index contributed by atoms with van der Waals surface area (Å²) in [5.41, 5.74) is 3.56. The number of hydrogen-bond acceptors (Lipinski definition) is 4. The minimum Gasteiger partial charge on any atom is -0.491 e. The second-order valence-corrected chi connectivity index (χ2v) is 6.20. The maximum absolute atomic E-state index is 6.05. The van der Waals surface area contributed by atoms with Crippen LogP contribution in [-0.2, 0) is 0 Å². The predicted molar refractivity (Wildman–Crippen MR) is 92.9 cm³/mol. The van der Waals surface area contributed by atoms with E-state index in [1.165, 1.54) is 11.3 Å². The van der Waals surface area contributed by atoms with Gasteiger partial charge in [0, 0.05) is 26.1 Å². The van der Waals surface area contributed by atoms with E-state index < -0.39 is 0 Å². The van der Waals surface area contributed by atoms with Crippen LogP contribution in [0.2, 0.25) is 0 Å². The number of likely N-dealkylation sites (N-methyl/N-ethyl adjacent to an activating group) is 1. The number of hydrogen-bond donors (Lipinski definition) is 0. The maximum atomic E-state index is 6.05. The van der Waals surface area contributed by atoms with Crippen molar-refractivity contribution in [2.24, 2.45) is 0 Å². The van der Waals surface area contributed by atoms with Crippen molar-refractivity contribution in [3.05, 3.63) is 48.0 Å². The van der Waals surface area contributed by atoms with Gasteiger partial charge in [-0.25, -0.2) is 0 Å². The first-order valence-electron chi connectivity index (χ1n) is 8.17. The zero-order valence-electron chi connectivity index (χ0n) is 13.7. The Morgan fingerprint density at radius 2 is 1.74 bits per heavy atom. The van der Waals surface area contributed by atoms with Crippen LogP contribution in [0.25, 0.3) is 0 Å². The maximum Gasteiger partial charge on any atom is 0.147 e. The molecule has 2 aromatic rings. The smallest absolute Gasteiger partial charge is 0.147 e. The van der Waals surface area contributed by atoms with Crippen molar-refractivity contribution in [1.29, 1.82) is 0 Å². The van der Waals surface area contributed by atoms with Crippen LogP contribution in [0.4, 0.5) is 11.4 Å². The van der Waals surface area contributed by atoms with E-state index in [9.17, 15) is 0 Å². The van der Waals surface area contributed by atoms with E-state index in [2.05, 4.69) is 54.2 Å². The van der Waals surface area contributed by atoms with Gasteiger partial charge in [-0.2, -0.15) is 0 Å². The standard InChI is InChI=1S/C19H22N2O2/c1-20-11-13-23-19-14(6-5-8-17(19)20)15-10-12-22-18-9-4-3-7-16(18)21(15)2/h3-9,15H,10-13H2,1-2H3.